The molecule has 0 saturated carbocycles. The number of nitrogens with one attached hydrogen (secondary N) is 1. The third kappa shape index (κ3) is 3.16. The summed E-state index contributed by atoms with van der Waals surface area (Å²) in [6.07, 6.45) is 3.91. The van der Waals surface area contributed by atoms with Gasteiger partial charge in [0.05, 0.1) is 11.9 Å². The van der Waals surface area contributed by atoms with Crippen LogP contribution in [0.1, 0.15) is 16.2 Å². The molecule has 8 nitrogen and oxygen atoms in total. The van der Waals surface area contributed by atoms with Gasteiger partial charge in [0.15, 0.2) is 0 Å². The van der Waals surface area contributed by atoms with Gasteiger partial charge in [-0.05, 0) is 18.2 Å². The molecule has 0 radical (unpaired) electrons. The molecule has 1 saturated heterocycles. The minimum absolute atomic E-state index is 0.147. The first kappa shape index (κ1) is 15.5. The van der Waals surface area contributed by atoms with Gasteiger partial charge < -0.3 is 9.30 Å². The number of imidazole rings is 1. The fourth-order valence-corrected chi connectivity index (χ4v) is 3.07. The van der Waals surface area contributed by atoms with Crippen LogP contribution in [-0.4, -0.2) is 61.5 Å². The third-order valence-corrected chi connectivity index (χ3v) is 4.44. The Labute approximate surface area is 143 Å². The van der Waals surface area contributed by atoms with Crippen LogP contribution >= 0.6 is 0 Å². The SMILES string of the molecule is O=C(c1ccc(=O)[nH]n1)N1CCN(Cc2cnc3ccccn23)CC1. The summed E-state index contributed by atoms with van der Waals surface area (Å²) < 4.78 is 2.09. The van der Waals surface area contributed by atoms with E-state index in [1.165, 1.54) is 12.1 Å². The number of hydrogen-bond donors (Lipinski definition) is 1. The summed E-state index contributed by atoms with van der Waals surface area (Å²) in [6, 6.07) is 8.73. The molecule has 0 unspecified atom stereocenters. The minimum atomic E-state index is -0.311. The summed E-state index contributed by atoms with van der Waals surface area (Å²) in [5.41, 5.74) is 2.04. The maximum Gasteiger partial charge on any atom is 0.274 e. The summed E-state index contributed by atoms with van der Waals surface area (Å²) in [7, 11) is 0. The van der Waals surface area contributed by atoms with E-state index in [9.17, 15) is 9.59 Å². The molecule has 1 N–H and O–H groups in total. The van der Waals surface area contributed by atoms with Gasteiger partial charge in [-0.3, -0.25) is 14.5 Å². The second-order valence-electron chi connectivity index (χ2n) is 6.05. The van der Waals surface area contributed by atoms with Crippen LogP contribution in [0, 0.1) is 0 Å². The van der Waals surface area contributed by atoms with Gasteiger partial charge in [-0.15, -0.1) is 0 Å². The van der Waals surface area contributed by atoms with Crippen molar-refractivity contribution in [1.29, 1.82) is 0 Å². The van der Waals surface area contributed by atoms with Gasteiger partial charge in [0.2, 0.25) is 0 Å². The standard InChI is InChI=1S/C17H18N6O2/c24-16-5-4-14(19-20-16)17(25)22-9-7-21(8-10-22)12-13-11-18-15-3-1-2-6-23(13)15/h1-6,11H,7-10,12H2,(H,20,24). The van der Waals surface area contributed by atoms with Gasteiger partial charge in [-0.1, -0.05) is 6.07 Å². The smallest absolute Gasteiger partial charge is 0.274 e. The quantitative estimate of drug-likeness (QED) is 0.746. The first-order valence-corrected chi connectivity index (χ1v) is 8.19. The van der Waals surface area contributed by atoms with Gasteiger partial charge in [0, 0.05) is 45.0 Å². The molecule has 0 spiro atoms. The van der Waals surface area contributed by atoms with Crippen molar-refractivity contribution in [2.45, 2.75) is 6.54 Å². The average molecular weight is 338 g/mol. The highest BCUT2D eigenvalue weighted by molar-refractivity contribution is 5.92. The highest BCUT2D eigenvalue weighted by Gasteiger charge is 2.23. The monoisotopic (exact) mass is 338 g/mol. The van der Waals surface area contributed by atoms with Crippen molar-refractivity contribution >= 4 is 11.6 Å². The van der Waals surface area contributed by atoms with Crippen LogP contribution in [0.25, 0.3) is 5.65 Å². The molecule has 3 aromatic heterocycles. The van der Waals surface area contributed by atoms with E-state index in [2.05, 4.69) is 24.5 Å². The fourth-order valence-electron chi connectivity index (χ4n) is 3.07. The molecular formula is C17H18N6O2. The maximum absolute atomic E-state index is 12.4. The van der Waals surface area contributed by atoms with Crippen LogP contribution in [0.4, 0.5) is 0 Å². The molecule has 25 heavy (non-hydrogen) atoms. The first-order valence-electron chi connectivity index (χ1n) is 8.19. The molecule has 4 heterocycles. The third-order valence-electron chi connectivity index (χ3n) is 4.44. The second kappa shape index (κ2) is 6.48. The summed E-state index contributed by atoms with van der Waals surface area (Å²) in [4.78, 5) is 32.0. The van der Waals surface area contributed by atoms with Crippen molar-refractivity contribution in [3.8, 4) is 0 Å². The van der Waals surface area contributed by atoms with E-state index >= 15 is 0 Å². The number of piperazine rings is 1. The Hall–Kier alpha value is -3.00. The maximum atomic E-state index is 12.4. The van der Waals surface area contributed by atoms with E-state index in [1.54, 1.807) is 4.90 Å². The van der Waals surface area contributed by atoms with E-state index in [0.29, 0.717) is 13.1 Å². The zero-order valence-electron chi connectivity index (χ0n) is 13.6. The predicted molar refractivity (Wildman–Crippen MR) is 91.2 cm³/mol. The number of hydrogen-bond acceptors (Lipinski definition) is 5. The lowest BCUT2D eigenvalue weighted by molar-refractivity contribution is 0.0619. The second-order valence-corrected chi connectivity index (χ2v) is 6.05. The first-order chi connectivity index (χ1) is 12.2. The molecule has 0 aliphatic carbocycles. The Kier molecular flexibility index (Phi) is 4.02. The highest BCUT2D eigenvalue weighted by atomic mass is 16.2. The van der Waals surface area contributed by atoms with Gasteiger partial charge in [-0.2, -0.15) is 5.10 Å². The number of H-pyrrole nitrogens is 1. The fraction of sp³-hybridized carbons (Fsp3) is 0.294. The van der Waals surface area contributed by atoms with Crippen molar-refractivity contribution in [1.82, 2.24) is 29.4 Å². The molecule has 8 heteroatoms. The molecule has 128 valence electrons. The Morgan fingerprint density at radius 3 is 2.72 bits per heavy atom. The number of aromatic amines is 1. The number of nitrogens with zero attached hydrogens (tertiary/aromatic N) is 5. The Bertz CT molecular complexity index is 934. The molecule has 3 aromatic rings. The lowest BCUT2D eigenvalue weighted by Crippen LogP contribution is -2.48. The zero-order chi connectivity index (χ0) is 17.2. The zero-order valence-corrected chi connectivity index (χ0v) is 13.6. The van der Waals surface area contributed by atoms with Gasteiger partial charge in [-0.25, -0.2) is 10.1 Å². The Morgan fingerprint density at radius 1 is 1.12 bits per heavy atom. The number of amides is 1. The lowest BCUT2D eigenvalue weighted by Gasteiger charge is -2.34. The number of aromatic nitrogens is 4. The summed E-state index contributed by atoms with van der Waals surface area (Å²) in [6.45, 7) is 3.64. The van der Waals surface area contributed by atoms with E-state index in [0.717, 1.165) is 31.0 Å². The molecule has 1 amide bonds. The number of fused-ring (bicyclic) bond motifs is 1. The van der Waals surface area contributed by atoms with E-state index in [1.807, 2.05) is 30.6 Å². The van der Waals surface area contributed by atoms with Crippen LogP contribution < -0.4 is 5.56 Å². The molecule has 1 fully saturated rings. The summed E-state index contributed by atoms with van der Waals surface area (Å²) in [5, 5.41) is 6.12. The van der Waals surface area contributed by atoms with Crippen LogP contribution in [0.5, 0.6) is 0 Å². The van der Waals surface area contributed by atoms with Crippen LogP contribution in [0.2, 0.25) is 0 Å². The van der Waals surface area contributed by atoms with E-state index in [4.69, 9.17) is 0 Å². The van der Waals surface area contributed by atoms with Gasteiger partial charge in [0.1, 0.15) is 11.3 Å². The molecule has 1 aliphatic rings. The topological polar surface area (TPSA) is 86.6 Å². The number of carbonyl (C=O) groups is 1. The molecule has 1 aliphatic heterocycles. The van der Waals surface area contributed by atoms with Crippen molar-refractivity contribution < 1.29 is 4.79 Å². The van der Waals surface area contributed by atoms with Crippen molar-refractivity contribution in [3.05, 3.63) is 64.5 Å². The lowest BCUT2D eigenvalue weighted by atomic mass is 10.2. The van der Waals surface area contributed by atoms with Gasteiger partial charge >= 0.3 is 0 Å². The molecule has 0 atom stereocenters. The van der Waals surface area contributed by atoms with E-state index in [-0.39, 0.29) is 17.2 Å². The highest BCUT2D eigenvalue weighted by Crippen LogP contribution is 2.12. The number of rotatable bonds is 3. The van der Waals surface area contributed by atoms with E-state index < -0.39 is 0 Å². The van der Waals surface area contributed by atoms with Crippen molar-refractivity contribution in [2.24, 2.45) is 0 Å². The summed E-state index contributed by atoms with van der Waals surface area (Å²) in [5.74, 6) is -0.147. The van der Waals surface area contributed by atoms with Crippen molar-refractivity contribution in [3.63, 3.8) is 0 Å². The number of pyridine rings is 1. The van der Waals surface area contributed by atoms with Crippen LogP contribution in [0.15, 0.2) is 47.5 Å². The molecular weight excluding hydrogens is 320 g/mol. The molecule has 0 bridgehead atoms. The van der Waals surface area contributed by atoms with Crippen LogP contribution in [-0.2, 0) is 6.54 Å². The predicted octanol–water partition coefficient (Wildman–Crippen LogP) is 0.376. The Morgan fingerprint density at radius 2 is 1.96 bits per heavy atom. The minimum Gasteiger partial charge on any atom is -0.335 e. The largest absolute Gasteiger partial charge is 0.335 e. The average Bonchev–Trinajstić information content (AvgIpc) is 3.06. The summed E-state index contributed by atoms with van der Waals surface area (Å²) >= 11 is 0. The van der Waals surface area contributed by atoms with Crippen molar-refractivity contribution in [2.75, 3.05) is 26.2 Å². The molecule has 0 aromatic carbocycles. The van der Waals surface area contributed by atoms with Crippen LogP contribution in [0.3, 0.4) is 0 Å². The number of carbonyl (C=O) groups excluding carboxylic acids is 1. The normalized spacial score (nSPS) is 15.6. The molecule has 4 rings (SSSR count). The van der Waals surface area contributed by atoms with Gasteiger partial charge in [0.25, 0.3) is 11.5 Å². The Balaban J connectivity index is 1.39.